The van der Waals surface area contributed by atoms with E-state index in [1.54, 1.807) is 0 Å². The summed E-state index contributed by atoms with van der Waals surface area (Å²) in [6.07, 6.45) is 0. The van der Waals surface area contributed by atoms with Crippen LogP contribution in [0.4, 0.5) is 0 Å². The average molecular weight is 666 g/mol. The summed E-state index contributed by atoms with van der Waals surface area (Å²) < 4.78 is 6.92. The molecule has 0 radical (unpaired) electrons. The Labute approximate surface area is 274 Å². The Kier molecular flexibility index (Phi) is 5.55. The van der Waals surface area contributed by atoms with E-state index in [4.69, 9.17) is 15.0 Å². The van der Waals surface area contributed by atoms with Crippen molar-refractivity contribution in [2.24, 2.45) is 0 Å². The Balaban J connectivity index is 1.35. The van der Waals surface area contributed by atoms with Gasteiger partial charge in [-0.15, -0.1) is 0 Å². The maximum absolute atomic E-state index is 9.72. The molecule has 6 aromatic carbocycles. The van der Waals surface area contributed by atoms with Crippen molar-refractivity contribution in [2.45, 2.75) is 0 Å². The van der Waals surface area contributed by atoms with Gasteiger partial charge in [0.05, 0.1) is 0 Å². The van der Waals surface area contributed by atoms with Crippen LogP contribution < -0.4 is 0 Å². The van der Waals surface area contributed by atoms with Gasteiger partial charge in [-0.1, -0.05) is 0 Å². The van der Waals surface area contributed by atoms with Gasteiger partial charge in [0.15, 0.2) is 0 Å². The Morgan fingerprint density at radius 3 is 1.66 bits per heavy atom. The molecule has 0 amide bonds. The van der Waals surface area contributed by atoms with Crippen molar-refractivity contribution in [3.8, 4) is 29.4 Å². The zero-order valence-electron chi connectivity index (χ0n) is 24.8. The number of benzene rings is 6. The zero-order chi connectivity index (χ0) is 31.1. The van der Waals surface area contributed by atoms with Crippen LogP contribution >= 0.6 is 0 Å². The van der Waals surface area contributed by atoms with E-state index in [2.05, 4.69) is 118 Å². The van der Waals surface area contributed by atoms with Crippen LogP contribution in [0.3, 0.4) is 0 Å². The summed E-state index contributed by atoms with van der Waals surface area (Å²) in [6, 6.07) is 48.3. The molecule has 0 spiro atoms. The molecule has 0 saturated carbocycles. The molecule has 7 heteroatoms. The van der Waals surface area contributed by atoms with Gasteiger partial charge in [-0.3, -0.25) is 0 Å². The van der Waals surface area contributed by atoms with E-state index in [1.165, 1.54) is 19.3 Å². The first kappa shape index (κ1) is 26.2. The molecule has 0 fully saturated rings. The van der Waals surface area contributed by atoms with Gasteiger partial charge in [0.2, 0.25) is 0 Å². The summed E-state index contributed by atoms with van der Waals surface area (Å²) >= 11 is 0.114. The summed E-state index contributed by atoms with van der Waals surface area (Å²) in [5.41, 5.74) is 5.62. The molecular weight excluding hydrogens is 643 g/mol. The topological polar surface area (TPSA) is 72.3 Å². The number of para-hydroxylation sites is 3. The van der Waals surface area contributed by atoms with Crippen molar-refractivity contribution in [2.75, 3.05) is 0 Å². The first-order valence-corrected chi connectivity index (χ1v) is 17.1. The number of nitrogens with zero attached hydrogens (tertiary/aromatic N) is 6. The summed E-state index contributed by atoms with van der Waals surface area (Å²) in [4.78, 5) is 15.8. The molecule has 10 aromatic rings. The van der Waals surface area contributed by atoms with E-state index >= 15 is 0 Å². The van der Waals surface area contributed by atoms with Crippen LogP contribution in [0.15, 0.2) is 133 Å². The zero-order valence-corrected chi connectivity index (χ0v) is 26.5. The molecule has 4 aromatic heterocycles. The van der Waals surface area contributed by atoms with Crippen molar-refractivity contribution in [3.63, 3.8) is 0 Å². The Morgan fingerprint density at radius 2 is 1.02 bits per heavy atom. The fourth-order valence-electron chi connectivity index (χ4n) is 6.99. The normalized spacial score (nSPS) is 11.8. The number of nitriles is 1. The third-order valence-electron chi connectivity index (χ3n) is 9.04. The number of fused-ring (bicyclic) bond motifs is 9. The Morgan fingerprint density at radius 1 is 0.489 bits per heavy atom. The third kappa shape index (κ3) is 3.80. The number of hydrogen-bond donors (Lipinski definition) is 0. The van der Waals surface area contributed by atoms with Crippen LogP contribution in [-0.4, -0.2) is 38.6 Å². The molecule has 6 nitrogen and oxygen atoms in total. The van der Waals surface area contributed by atoms with Crippen LogP contribution in [0.2, 0.25) is 0 Å². The van der Waals surface area contributed by atoms with Crippen molar-refractivity contribution >= 4 is 77.4 Å². The van der Waals surface area contributed by atoms with Gasteiger partial charge in [0.25, 0.3) is 0 Å². The third-order valence-corrected chi connectivity index (χ3v) is 11.6. The molecule has 0 aliphatic carbocycles. The van der Waals surface area contributed by atoms with Gasteiger partial charge in [0.1, 0.15) is 0 Å². The van der Waals surface area contributed by atoms with Crippen LogP contribution in [0.1, 0.15) is 5.56 Å². The molecule has 47 heavy (non-hydrogen) atoms. The predicted molar refractivity (Wildman–Crippen MR) is 191 cm³/mol. The molecule has 10 rings (SSSR count). The van der Waals surface area contributed by atoms with Gasteiger partial charge in [-0.05, 0) is 0 Å². The van der Waals surface area contributed by atoms with E-state index in [0.29, 0.717) is 23.3 Å². The molecule has 0 unspecified atom stereocenters. The number of hydrogen-bond acceptors (Lipinski definition) is 4. The molecule has 0 bridgehead atoms. The second kappa shape index (κ2) is 9.97. The second-order valence-electron chi connectivity index (χ2n) is 11.6. The molecule has 0 aliphatic rings. The fourth-order valence-corrected chi connectivity index (χ4v) is 9.54. The van der Waals surface area contributed by atoms with Crippen LogP contribution in [0.5, 0.6) is 0 Å². The molecule has 218 valence electrons. The van der Waals surface area contributed by atoms with E-state index in [9.17, 15) is 5.26 Å². The molecule has 0 saturated heterocycles. The first-order valence-electron chi connectivity index (χ1n) is 15.4. The summed E-state index contributed by atoms with van der Waals surface area (Å²) in [6.45, 7) is 0. The van der Waals surface area contributed by atoms with Gasteiger partial charge >= 0.3 is 275 Å². The fraction of sp³-hybridized carbons (Fsp3) is 0. The monoisotopic (exact) mass is 666 g/mol. The van der Waals surface area contributed by atoms with E-state index in [-0.39, 0.29) is 14.5 Å². The van der Waals surface area contributed by atoms with E-state index < -0.39 is 0 Å². The Bertz CT molecular complexity index is 2890. The van der Waals surface area contributed by atoms with Crippen LogP contribution in [0.25, 0.3) is 86.2 Å². The number of rotatable bonds is 3. The molecular formula is C40H22N6Se. The minimum atomic E-state index is 0.114. The molecule has 0 N–H and O–H groups in total. The van der Waals surface area contributed by atoms with Gasteiger partial charge < -0.3 is 0 Å². The van der Waals surface area contributed by atoms with Gasteiger partial charge in [-0.2, -0.15) is 0 Å². The van der Waals surface area contributed by atoms with Crippen molar-refractivity contribution in [3.05, 3.63) is 139 Å². The van der Waals surface area contributed by atoms with Crippen LogP contribution in [0, 0.1) is 11.3 Å². The SMILES string of the molecule is N#Cc1ccc2c(c1)c1ccccc1n2-c1nc(-c2cccc3c2[se]c2ccccc23)nc(-n2c3ccccc3c3ccccc32)n1. The quantitative estimate of drug-likeness (QED) is 0.177. The van der Waals surface area contributed by atoms with Gasteiger partial charge in [-0.25, -0.2) is 0 Å². The first-order chi connectivity index (χ1) is 23.3. The van der Waals surface area contributed by atoms with E-state index in [1.807, 2.05) is 30.3 Å². The number of aromatic nitrogens is 5. The van der Waals surface area contributed by atoms with Crippen molar-refractivity contribution in [1.82, 2.24) is 24.1 Å². The standard InChI is InChI=1S/C40H22N6Se/c41-23-24-20-21-35-31(22-24)27-12-3-7-18-34(27)46(35)40-43-38(30-15-9-14-29-28-13-4-8-19-36(28)47-37(29)30)42-39(44-40)45-32-16-5-1-10-25(32)26-11-2-6-17-33(26)45/h1-22H. The van der Waals surface area contributed by atoms with Crippen molar-refractivity contribution in [1.29, 1.82) is 5.26 Å². The molecule has 4 heterocycles. The van der Waals surface area contributed by atoms with Crippen LogP contribution in [-0.2, 0) is 0 Å². The summed E-state index contributed by atoms with van der Waals surface area (Å²) in [7, 11) is 0. The maximum atomic E-state index is 9.72. The Hall–Kier alpha value is -6.06. The second-order valence-corrected chi connectivity index (χ2v) is 13.8. The average Bonchev–Trinajstić information content (AvgIpc) is 3.79. The summed E-state index contributed by atoms with van der Waals surface area (Å²) in [5, 5.41) is 16.6. The molecule has 0 aliphatic heterocycles. The van der Waals surface area contributed by atoms with Crippen molar-refractivity contribution < 1.29 is 0 Å². The molecule has 0 atom stereocenters. The van der Waals surface area contributed by atoms with Gasteiger partial charge in [0, 0.05) is 0 Å². The van der Waals surface area contributed by atoms with E-state index in [0.717, 1.165) is 49.2 Å². The predicted octanol–water partition coefficient (Wildman–Crippen LogP) is 8.97. The summed E-state index contributed by atoms with van der Waals surface area (Å²) in [5.74, 6) is 1.73. The minimum absolute atomic E-state index is 0.114.